The van der Waals surface area contributed by atoms with Gasteiger partial charge in [-0.1, -0.05) is 50.1 Å². The van der Waals surface area contributed by atoms with Crippen LogP contribution in [-0.2, 0) is 4.79 Å². The number of nitrogens with one attached hydrogen (secondary N) is 3. The Morgan fingerprint density at radius 2 is 2.00 bits per heavy atom. The average molecular weight is 473 g/mol. The minimum absolute atomic E-state index is 0.0867. The van der Waals surface area contributed by atoms with Crippen LogP contribution in [0, 0.1) is 5.92 Å². The molecule has 2 aromatic carbocycles. The van der Waals surface area contributed by atoms with Crippen LogP contribution in [-0.4, -0.2) is 51.0 Å². The summed E-state index contributed by atoms with van der Waals surface area (Å²) in [5.41, 5.74) is 1.56. The number of urea groups is 1. The Bertz CT molecular complexity index is 1240. The van der Waals surface area contributed by atoms with Crippen molar-refractivity contribution in [2.45, 2.75) is 44.7 Å². The van der Waals surface area contributed by atoms with Crippen LogP contribution in [0.15, 0.2) is 53.5 Å². The predicted molar refractivity (Wildman–Crippen MR) is 133 cm³/mol. The number of rotatable bonds is 6. The number of benzodiazepines with no additional fused rings is 1. The minimum atomic E-state index is -1.37. The number of hydrogen-bond donors (Lipinski definition) is 3. The number of benzene rings is 2. The van der Waals surface area contributed by atoms with E-state index in [9.17, 15) is 9.59 Å². The van der Waals surface area contributed by atoms with Gasteiger partial charge in [0.1, 0.15) is 0 Å². The van der Waals surface area contributed by atoms with Crippen molar-refractivity contribution in [2.24, 2.45) is 10.9 Å². The number of aliphatic imine (C=N–C) groups is 1. The van der Waals surface area contributed by atoms with Crippen molar-refractivity contribution in [1.29, 1.82) is 0 Å². The molecule has 3 N–H and O–H groups in total. The number of H-pyrrole nitrogens is 1. The molecule has 1 aliphatic carbocycles. The molecule has 35 heavy (non-hydrogen) atoms. The van der Waals surface area contributed by atoms with Crippen LogP contribution in [0.3, 0.4) is 0 Å². The molecular weight excluding hydrogens is 444 g/mol. The molecule has 0 radical (unpaired) electrons. The third kappa shape index (κ3) is 4.39. The van der Waals surface area contributed by atoms with E-state index in [0.29, 0.717) is 23.6 Å². The zero-order chi connectivity index (χ0) is 24.3. The van der Waals surface area contributed by atoms with E-state index in [1.54, 1.807) is 29.3 Å². The number of fused-ring (bicyclic) bond motifs is 1. The Balaban J connectivity index is 1.46. The topological polar surface area (TPSA) is 128 Å². The van der Waals surface area contributed by atoms with Gasteiger partial charge in [0.05, 0.1) is 5.69 Å². The molecule has 0 saturated heterocycles. The average Bonchev–Trinajstić information content (AvgIpc) is 3.59. The Hall–Kier alpha value is -4.08. The number of tetrazole rings is 1. The number of para-hydroxylation sites is 1. The van der Waals surface area contributed by atoms with Gasteiger partial charge in [-0.15, -0.1) is 10.2 Å². The van der Waals surface area contributed by atoms with Gasteiger partial charge in [-0.2, -0.15) is 5.21 Å². The maximum atomic E-state index is 14.1. The monoisotopic (exact) mass is 472 g/mol. The van der Waals surface area contributed by atoms with Gasteiger partial charge < -0.3 is 15.5 Å². The van der Waals surface area contributed by atoms with E-state index in [1.165, 1.54) is 0 Å². The minimum Gasteiger partial charge on any atom is -0.308 e. The molecule has 1 atom stereocenters. The lowest BCUT2D eigenvalue weighted by molar-refractivity contribution is -0.126. The normalized spacial score (nSPS) is 19.9. The molecule has 0 spiro atoms. The standard InChI is InChI=1S/C25H28N8O2/c1-2-14-33-21-13-6-3-8-18(21)16-26-25(23(33)34,19-10-4-5-11-19)28-24(35)27-20-12-7-9-17(15-20)22-29-31-32-30-22/h3,6-9,12-13,15-16,19H,2,4-5,10-11,14H2,1H3,(H2,27,28,35)(H,29,30,31,32). The highest BCUT2D eigenvalue weighted by Gasteiger charge is 2.51. The second-order valence-electron chi connectivity index (χ2n) is 8.92. The van der Waals surface area contributed by atoms with E-state index in [-0.39, 0.29) is 11.8 Å². The van der Waals surface area contributed by atoms with Crippen LogP contribution in [0.25, 0.3) is 11.4 Å². The number of amides is 3. The van der Waals surface area contributed by atoms with E-state index in [4.69, 9.17) is 4.99 Å². The van der Waals surface area contributed by atoms with Crippen LogP contribution in [0.1, 0.15) is 44.6 Å². The summed E-state index contributed by atoms with van der Waals surface area (Å²) in [4.78, 5) is 34.1. The van der Waals surface area contributed by atoms with Gasteiger partial charge in [-0.3, -0.25) is 9.79 Å². The molecule has 2 aliphatic rings. The number of carbonyl (C=O) groups is 2. The maximum absolute atomic E-state index is 14.1. The quantitative estimate of drug-likeness (QED) is 0.503. The summed E-state index contributed by atoms with van der Waals surface area (Å²) >= 11 is 0. The summed E-state index contributed by atoms with van der Waals surface area (Å²) in [6.45, 7) is 2.58. The Morgan fingerprint density at radius 1 is 1.17 bits per heavy atom. The first-order valence-corrected chi connectivity index (χ1v) is 12.0. The van der Waals surface area contributed by atoms with Gasteiger partial charge in [-0.05, 0) is 42.7 Å². The summed E-state index contributed by atoms with van der Waals surface area (Å²) in [6, 6.07) is 14.4. The van der Waals surface area contributed by atoms with Crippen LogP contribution < -0.4 is 15.5 Å². The van der Waals surface area contributed by atoms with Crippen LogP contribution in [0.4, 0.5) is 16.2 Å². The maximum Gasteiger partial charge on any atom is 0.321 e. The van der Waals surface area contributed by atoms with Crippen LogP contribution in [0.2, 0.25) is 0 Å². The molecule has 3 amide bonds. The first-order chi connectivity index (χ1) is 17.1. The number of carbonyl (C=O) groups excluding carboxylic acids is 2. The lowest BCUT2D eigenvalue weighted by Gasteiger charge is -2.37. The van der Waals surface area contributed by atoms with Gasteiger partial charge >= 0.3 is 6.03 Å². The van der Waals surface area contributed by atoms with Gasteiger partial charge in [0.2, 0.25) is 11.5 Å². The first-order valence-electron chi connectivity index (χ1n) is 12.0. The highest BCUT2D eigenvalue weighted by atomic mass is 16.2. The zero-order valence-electron chi connectivity index (χ0n) is 19.6. The molecule has 2 heterocycles. The summed E-state index contributed by atoms with van der Waals surface area (Å²) in [5.74, 6) is 0.146. The molecule has 10 nitrogen and oxygen atoms in total. The fraction of sp³-hybridized carbons (Fsp3) is 0.360. The fourth-order valence-corrected chi connectivity index (χ4v) is 5.00. The Labute approximate surface area is 203 Å². The molecule has 1 unspecified atom stereocenters. The number of aromatic nitrogens is 4. The third-order valence-corrected chi connectivity index (χ3v) is 6.63. The molecule has 1 saturated carbocycles. The lowest BCUT2D eigenvalue weighted by atomic mass is 9.89. The van der Waals surface area contributed by atoms with Crippen molar-refractivity contribution in [3.8, 4) is 11.4 Å². The van der Waals surface area contributed by atoms with Crippen molar-refractivity contribution in [3.05, 3.63) is 54.1 Å². The SMILES string of the molecule is CCCN1C(=O)C(NC(=O)Nc2cccc(-c3nn[nH]n3)c2)(C2CCCC2)N=Cc2ccccc21. The van der Waals surface area contributed by atoms with Crippen molar-refractivity contribution in [3.63, 3.8) is 0 Å². The van der Waals surface area contributed by atoms with Crippen molar-refractivity contribution < 1.29 is 9.59 Å². The van der Waals surface area contributed by atoms with E-state index >= 15 is 0 Å². The van der Waals surface area contributed by atoms with E-state index in [0.717, 1.165) is 43.4 Å². The highest BCUT2D eigenvalue weighted by Crippen LogP contribution is 2.39. The van der Waals surface area contributed by atoms with Gasteiger partial charge in [0.15, 0.2) is 0 Å². The number of nitrogens with zero attached hydrogens (tertiary/aromatic N) is 5. The molecule has 5 rings (SSSR count). The van der Waals surface area contributed by atoms with Gasteiger partial charge in [0.25, 0.3) is 5.91 Å². The smallest absolute Gasteiger partial charge is 0.308 e. The molecule has 1 fully saturated rings. The van der Waals surface area contributed by atoms with E-state index in [1.807, 2.05) is 37.3 Å². The fourth-order valence-electron chi connectivity index (χ4n) is 5.00. The van der Waals surface area contributed by atoms with Crippen molar-refractivity contribution in [2.75, 3.05) is 16.8 Å². The highest BCUT2D eigenvalue weighted by molar-refractivity contribution is 6.09. The van der Waals surface area contributed by atoms with Crippen LogP contribution in [0.5, 0.6) is 0 Å². The molecule has 1 aromatic heterocycles. The number of hydrogen-bond acceptors (Lipinski definition) is 6. The lowest BCUT2D eigenvalue weighted by Crippen LogP contribution is -2.63. The molecule has 180 valence electrons. The summed E-state index contributed by atoms with van der Waals surface area (Å²) < 4.78 is 0. The van der Waals surface area contributed by atoms with E-state index < -0.39 is 11.7 Å². The molecular formula is C25H28N8O2. The van der Waals surface area contributed by atoms with Crippen molar-refractivity contribution >= 4 is 29.5 Å². The number of anilines is 2. The second-order valence-corrected chi connectivity index (χ2v) is 8.92. The van der Waals surface area contributed by atoms with Crippen LogP contribution >= 0.6 is 0 Å². The molecule has 3 aromatic rings. The Kier molecular flexibility index (Phi) is 6.26. The first kappa shape index (κ1) is 22.7. The molecule has 10 heteroatoms. The van der Waals surface area contributed by atoms with Gasteiger partial charge in [-0.25, -0.2) is 4.79 Å². The Morgan fingerprint density at radius 3 is 2.77 bits per heavy atom. The molecule has 0 bridgehead atoms. The van der Waals surface area contributed by atoms with Crippen molar-refractivity contribution in [1.82, 2.24) is 25.9 Å². The summed E-state index contributed by atoms with van der Waals surface area (Å²) in [6.07, 6.45) is 6.19. The largest absolute Gasteiger partial charge is 0.321 e. The number of aromatic amines is 1. The zero-order valence-corrected chi connectivity index (χ0v) is 19.6. The van der Waals surface area contributed by atoms with E-state index in [2.05, 4.69) is 31.3 Å². The summed E-state index contributed by atoms with van der Waals surface area (Å²) in [5, 5.41) is 19.8. The second kappa shape index (κ2) is 9.65. The predicted octanol–water partition coefficient (Wildman–Crippen LogP) is 3.75. The third-order valence-electron chi connectivity index (χ3n) is 6.63. The summed E-state index contributed by atoms with van der Waals surface area (Å²) in [7, 11) is 0. The van der Waals surface area contributed by atoms with Gasteiger partial charge in [0, 0.05) is 35.5 Å². The molecule has 1 aliphatic heterocycles.